The van der Waals surface area contributed by atoms with Crippen molar-refractivity contribution >= 4 is 33.2 Å². The van der Waals surface area contributed by atoms with Crippen molar-refractivity contribution in [1.29, 1.82) is 0 Å². The molecule has 1 aliphatic heterocycles. The molecule has 0 bridgehead atoms. The van der Waals surface area contributed by atoms with Crippen LogP contribution in [0.25, 0.3) is 0 Å². The zero-order valence-electron chi connectivity index (χ0n) is 13.7. The van der Waals surface area contributed by atoms with Crippen LogP contribution in [0.15, 0.2) is 47.4 Å². The zero-order valence-corrected chi connectivity index (χ0v) is 14.5. The van der Waals surface area contributed by atoms with E-state index in [1.807, 2.05) is 0 Å². The number of carbonyl (C=O) groups is 2. The fourth-order valence-corrected chi connectivity index (χ4v) is 3.88. The van der Waals surface area contributed by atoms with Gasteiger partial charge in [0.15, 0.2) is 0 Å². The van der Waals surface area contributed by atoms with Crippen LogP contribution in [-0.2, 0) is 19.6 Å². The van der Waals surface area contributed by atoms with E-state index in [1.165, 1.54) is 37.4 Å². The van der Waals surface area contributed by atoms with E-state index < -0.39 is 27.7 Å². The smallest absolute Gasteiger partial charge is 0.265 e. The Morgan fingerprint density at radius 3 is 2.35 bits per heavy atom. The van der Waals surface area contributed by atoms with Crippen molar-refractivity contribution in [3.63, 3.8) is 0 Å². The predicted octanol–water partition coefficient (Wildman–Crippen LogP) is 2.29. The molecule has 1 heterocycles. The number of para-hydroxylation sites is 1. The summed E-state index contributed by atoms with van der Waals surface area (Å²) in [7, 11) is -2.95. The van der Waals surface area contributed by atoms with Gasteiger partial charge in [-0.3, -0.25) is 19.2 Å². The van der Waals surface area contributed by atoms with Crippen molar-refractivity contribution in [3.8, 4) is 5.75 Å². The number of nitrogens with one attached hydrogen (secondary N) is 1. The van der Waals surface area contributed by atoms with E-state index in [9.17, 15) is 22.4 Å². The highest BCUT2D eigenvalue weighted by atomic mass is 32.2. The Labute approximate surface area is 149 Å². The van der Waals surface area contributed by atoms with Gasteiger partial charge in [0, 0.05) is 12.8 Å². The van der Waals surface area contributed by atoms with E-state index in [-0.39, 0.29) is 34.9 Å². The summed E-state index contributed by atoms with van der Waals surface area (Å²) in [5, 5.41) is 0. The number of amides is 2. The fraction of sp³-hybridized carbons (Fsp3) is 0.176. The third kappa shape index (κ3) is 3.25. The van der Waals surface area contributed by atoms with Crippen LogP contribution in [0.3, 0.4) is 0 Å². The van der Waals surface area contributed by atoms with Crippen molar-refractivity contribution in [1.82, 2.24) is 0 Å². The third-order valence-corrected chi connectivity index (χ3v) is 5.25. The molecule has 3 rings (SSSR count). The van der Waals surface area contributed by atoms with Gasteiger partial charge < -0.3 is 4.74 Å². The molecule has 1 aliphatic rings. The summed E-state index contributed by atoms with van der Waals surface area (Å²) in [5.74, 6) is -1.57. The number of sulfonamides is 1. The Morgan fingerprint density at radius 2 is 1.73 bits per heavy atom. The average Bonchev–Trinajstić information content (AvgIpc) is 2.95. The van der Waals surface area contributed by atoms with Gasteiger partial charge in [0.1, 0.15) is 16.5 Å². The molecule has 0 aromatic heterocycles. The summed E-state index contributed by atoms with van der Waals surface area (Å²) in [5.41, 5.74) is -0.111. The minimum atomic E-state index is -4.23. The standard InChI is InChI=1S/C17H15FN2O5S/c1-25-14-7-6-11(20-16(21)8-9-17(20)22)10-15(14)26(23,24)19-13-5-3-2-4-12(13)18/h2-7,10,19H,8-9H2,1H3. The van der Waals surface area contributed by atoms with Gasteiger partial charge in [-0.15, -0.1) is 0 Å². The first-order valence-electron chi connectivity index (χ1n) is 7.64. The molecule has 0 aliphatic carbocycles. The Bertz CT molecular complexity index is 974. The number of anilines is 2. The molecule has 1 fully saturated rings. The highest BCUT2D eigenvalue weighted by Crippen LogP contribution is 2.32. The monoisotopic (exact) mass is 378 g/mol. The zero-order chi connectivity index (χ0) is 18.9. The van der Waals surface area contributed by atoms with Crippen molar-refractivity contribution in [3.05, 3.63) is 48.3 Å². The first-order chi connectivity index (χ1) is 12.3. The lowest BCUT2D eigenvalue weighted by molar-refractivity contribution is -0.121. The van der Waals surface area contributed by atoms with E-state index in [0.717, 1.165) is 17.0 Å². The molecule has 9 heteroatoms. The van der Waals surface area contributed by atoms with Gasteiger partial charge in [0.05, 0.1) is 18.5 Å². The Morgan fingerprint density at radius 1 is 1.08 bits per heavy atom. The number of methoxy groups -OCH3 is 1. The van der Waals surface area contributed by atoms with Gasteiger partial charge in [-0.2, -0.15) is 0 Å². The predicted molar refractivity (Wildman–Crippen MR) is 91.9 cm³/mol. The summed E-state index contributed by atoms with van der Waals surface area (Å²) >= 11 is 0. The van der Waals surface area contributed by atoms with Crippen LogP contribution in [0.2, 0.25) is 0 Å². The summed E-state index contributed by atoms with van der Waals surface area (Å²) in [6.07, 6.45) is 0.140. The molecule has 26 heavy (non-hydrogen) atoms. The summed E-state index contributed by atoms with van der Waals surface area (Å²) < 4.78 is 46.4. The molecule has 0 unspecified atom stereocenters. The number of imide groups is 1. The highest BCUT2D eigenvalue weighted by molar-refractivity contribution is 7.92. The maximum Gasteiger partial charge on any atom is 0.265 e. The first-order valence-corrected chi connectivity index (χ1v) is 9.13. The van der Waals surface area contributed by atoms with Gasteiger partial charge in [-0.05, 0) is 30.3 Å². The van der Waals surface area contributed by atoms with E-state index in [1.54, 1.807) is 0 Å². The Balaban J connectivity index is 2.05. The van der Waals surface area contributed by atoms with Crippen molar-refractivity contribution in [2.75, 3.05) is 16.7 Å². The number of nitrogens with zero attached hydrogens (tertiary/aromatic N) is 1. The molecule has 0 spiro atoms. The average molecular weight is 378 g/mol. The Kier molecular flexibility index (Phi) is 4.64. The van der Waals surface area contributed by atoms with Crippen molar-refractivity contribution < 1.29 is 27.1 Å². The van der Waals surface area contributed by atoms with Crippen LogP contribution in [0.1, 0.15) is 12.8 Å². The topological polar surface area (TPSA) is 92.8 Å². The Hall–Kier alpha value is -2.94. The molecule has 1 N–H and O–H groups in total. The maximum absolute atomic E-state index is 13.8. The molecule has 2 aromatic carbocycles. The lowest BCUT2D eigenvalue weighted by Crippen LogP contribution is -2.28. The van der Waals surface area contributed by atoms with Gasteiger partial charge in [0.25, 0.3) is 10.0 Å². The van der Waals surface area contributed by atoms with Crippen LogP contribution < -0.4 is 14.4 Å². The second kappa shape index (κ2) is 6.75. The summed E-state index contributed by atoms with van der Waals surface area (Å²) in [6, 6.07) is 9.22. The van der Waals surface area contributed by atoms with Crippen molar-refractivity contribution in [2.45, 2.75) is 17.7 Å². The second-order valence-corrected chi connectivity index (χ2v) is 7.19. The number of ether oxygens (including phenoxy) is 1. The molecule has 2 amide bonds. The minimum absolute atomic E-state index is 0.00307. The van der Waals surface area contributed by atoms with Crippen LogP contribution in [-0.4, -0.2) is 27.3 Å². The molecular weight excluding hydrogens is 363 g/mol. The second-order valence-electron chi connectivity index (χ2n) is 5.54. The highest BCUT2D eigenvalue weighted by Gasteiger charge is 2.32. The summed E-state index contributed by atoms with van der Waals surface area (Å²) in [6.45, 7) is 0. The van der Waals surface area contributed by atoms with Gasteiger partial charge in [0.2, 0.25) is 11.8 Å². The fourth-order valence-electron chi connectivity index (χ4n) is 2.62. The molecule has 0 atom stereocenters. The van der Waals surface area contributed by atoms with Crippen LogP contribution in [0, 0.1) is 5.82 Å². The maximum atomic E-state index is 13.8. The van der Waals surface area contributed by atoms with Gasteiger partial charge in [-0.25, -0.2) is 12.8 Å². The quantitative estimate of drug-likeness (QED) is 0.806. The SMILES string of the molecule is COc1ccc(N2C(=O)CCC2=O)cc1S(=O)(=O)Nc1ccccc1F. The molecular formula is C17H15FN2O5S. The number of hydrogen-bond donors (Lipinski definition) is 1. The van der Waals surface area contributed by atoms with Crippen LogP contribution >= 0.6 is 0 Å². The molecule has 0 saturated carbocycles. The molecule has 2 aromatic rings. The number of halogens is 1. The summed E-state index contributed by atoms with van der Waals surface area (Å²) in [4.78, 5) is 24.4. The van der Waals surface area contributed by atoms with Gasteiger partial charge >= 0.3 is 0 Å². The van der Waals surface area contributed by atoms with Crippen molar-refractivity contribution in [2.24, 2.45) is 0 Å². The van der Waals surface area contributed by atoms with Gasteiger partial charge in [-0.1, -0.05) is 12.1 Å². The molecule has 1 saturated heterocycles. The number of rotatable bonds is 5. The largest absolute Gasteiger partial charge is 0.495 e. The lowest BCUT2D eigenvalue weighted by Gasteiger charge is -2.17. The van der Waals surface area contributed by atoms with Crippen LogP contribution in [0.5, 0.6) is 5.75 Å². The van der Waals surface area contributed by atoms with E-state index >= 15 is 0 Å². The minimum Gasteiger partial charge on any atom is -0.495 e. The number of benzene rings is 2. The molecule has 7 nitrogen and oxygen atoms in total. The number of hydrogen-bond acceptors (Lipinski definition) is 5. The molecule has 0 radical (unpaired) electrons. The normalized spacial score (nSPS) is 14.6. The third-order valence-electron chi connectivity index (χ3n) is 3.86. The first kappa shape index (κ1) is 17.9. The van der Waals surface area contributed by atoms with E-state index in [4.69, 9.17) is 4.74 Å². The molecule has 136 valence electrons. The van der Waals surface area contributed by atoms with E-state index in [0.29, 0.717) is 0 Å². The van der Waals surface area contributed by atoms with E-state index in [2.05, 4.69) is 4.72 Å². The van der Waals surface area contributed by atoms with Crippen LogP contribution in [0.4, 0.5) is 15.8 Å². The lowest BCUT2D eigenvalue weighted by atomic mass is 10.2. The number of carbonyl (C=O) groups excluding carboxylic acids is 2.